The molecule has 3 amide bonds. The van der Waals surface area contributed by atoms with Gasteiger partial charge in [0, 0.05) is 36.0 Å². The fourth-order valence-electron chi connectivity index (χ4n) is 2.96. The molecule has 1 aromatic rings. The molecule has 1 unspecified atom stereocenters. The minimum Gasteiger partial charge on any atom is -0.357 e. The van der Waals surface area contributed by atoms with E-state index in [0.717, 1.165) is 4.90 Å². The van der Waals surface area contributed by atoms with Crippen molar-refractivity contribution in [1.82, 2.24) is 10.2 Å². The molecule has 0 saturated carbocycles. The average molecular weight is 377 g/mol. The first kappa shape index (κ1) is 18.1. The highest BCUT2D eigenvalue weighted by atomic mass is 32.2. The Morgan fingerprint density at radius 3 is 2.65 bits per heavy atom. The van der Waals surface area contributed by atoms with Gasteiger partial charge in [-0.3, -0.25) is 19.3 Å². The molecule has 138 valence electrons. The van der Waals surface area contributed by atoms with E-state index < -0.39 is 9.84 Å². The maximum absolute atomic E-state index is 12.3. The molecule has 2 aliphatic rings. The fraction of sp³-hybridized carbons (Fsp3) is 0.353. The Labute approximate surface area is 151 Å². The third-order valence-electron chi connectivity index (χ3n) is 4.27. The highest BCUT2D eigenvalue weighted by Gasteiger charge is 2.29. The van der Waals surface area contributed by atoms with Gasteiger partial charge in [0.25, 0.3) is 11.8 Å². The number of imide groups is 1. The maximum atomic E-state index is 12.3. The molecule has 1 aromatic carbocycles. The van der Waals surface area contributed by atoms with Crippen LogP contribution < -0.4 is 10.6 Å². The number of benzene rings is 1. The van der Waals surface area contributed by atoms with E-state index in [1.165, 1.54) is 13.0 Å². The first-order valence-electron chi connectivity index (χ1n) is 8.14. The minimum atomic E-state index is -3.06. The molecular formula is C17H19N3O5S. The third kappa shape index (κ3) is 4.10. The number of sulfone groups is 1. The van der Waals surface area contributed by atoms with E-state index in [0.29, 0.717) is 23.4 Å². The van der Waals surface area contributed by atoms with Crippen LogP contribution in [0.25, 0.3) is 0 Å². The molecule has 0 spiro atoms. The van der Waals surface area contributed by atoms with Gasteiger partial charge in [-0.15, -0.1) is 0 Å². The van der Waals surface area contributed by atoms with Crippen LogP contribution in [0.2, 0.25) is 0 Å². The zero-order valence-corrected chi connectivity index (χ0v) is 15.0. The maximum Gasteiger partial charge on any atom is 0.255 e. The summed E-state index contributed by atoms with van der Waals surface area (Å²) in [5, 5.41) is 5.76. The molecule has 1 fully saturated rings. The molecular weight excluding hydrogens is 358 g/mol. The minimum absolute atomic E-state index is 0.0352. The first-order chi connectivity index (χ1) is 12.2. The lowest BCUT2D eigenvalue weighted by molar-refractivity contribution is -0.138. The molecule has 9 heteroatoms. The van der Waals surface area contributed by atoms with Gasteiger partial charge in [0.1, 0.15) is 0 Å². The number of anilines is 1. The Hall–Kier alpha value is -2.68. The molecule has 2 N–H and O–H groups in total. The highest BCUT2D eigenvalue weighted by Crippen LogP contribution is 2.18. The van der Waals surface area contributed by atoms with E-state index in [4.69, 9.17) is 0 Å². The lowest BCUT2D eigenvalue weighted by Gasteiger charge is -2.14. The van der Waals surface area contributed by atoms with Crippen molar-refractivity contribution < 1.29 is 22.8 Å². The molecule has 2 heterocycles. The first-order valence-corrected chi connectivity index (χ1v) is 9.97. The van der Waals surface area contributed by atoms with Gasteiger partial charge in [-0.2, -0.15) is 0 Å². The standard InChI is InChI=1S/C17H19N3O5S/c1-11(21)20-9-15(8-16(20)22)18-13-4-2-3-12(7-13)17(23)19-14-5-6-26(24,25)10-14/h2-4,7-8,14,18H,5-6,9-10H2,1H3,(H,19,23). The summed E-state index contributed by atoms with van der Waals surface area (Å²) in [6.45, 7) is 1.48. The van der Waals surface area contributed by atoms with Crippen molar-refractivity contribution in [1.29, 1.82) is 0 Å². The summed E-state index contributed by atoms with van der Waals surface area (Å²) in [7, 11) is -3.06. The van der Waals surface area contributed by atoms with Gasteiger partial charge in [-0.1, -0.05) is 6.07 Å². The molecule has 8 nitrogen and oxygen atoms in total. The lowest BCUT2D eigenvalue weighted by Crippen LogP contribution is -2.35. The molecule has 3 rings (SSSR count). The number of carbonyl (C=O) groups excluding carboxylic acids is 3. The molecule has 2 aliphatic heterocycles. The largest absolute Gasteiger partial charge is 0.357 e. The summed E-state index contributed by atoms with van der Waals surface area (Å²) < 4.78 is 23.0. The van der Waals surface area contributed by atoms with Crippen molar-refractivity contribution in [2.75, 3.05) is 23.4 Å². The molecule has 0 radical (unpaired) electrons. The monoisotopic (exact) mass is 377 g/mol. The van der Waals surface area contributed by atoms with Gasteiger partial charge in [-0.05, 0) is 24.6 Å². The number of rotatable bonds is 4. The number of nitrogens with zero attached hydrogens (tertiary/aromatic N) is 1. The molecule has 1 atom stereocenters. The Kier molecular flexibility index (Phi) is 4.82. The summed E-state index contributed by atoms with van der Waals surface area (Å²) >= 11 is 0. The number of nitrogens with one attached hydrogen (secondary N) is 2. The van der Waals surface area contributed by atoms with Crippen LogP contribution in [-0.4, -0.2) is 55.1 Å². The normalized spacial score (nSPS) is 21.4. The van der Waals surface area contributed by atoms with Crippen molar-refractivity contribution in [3.8, 4) is 0 Å². The molecule has 0 aromatic heterocycles. The van der Waals surface area contributed by atoms with Gasteiger partial charge in [0.05, 0.1) is 18.1 Å². The number of carbonyl (C=O) groups is 3. The van der Waals surface area contributed by atoms with Gasteiger partial charge in [0.2, 0.25) is 5.91 Å². The average Bonchev–Trinajstić information content (AvgIpc) is 3.09. The van der Waals surface area contributed by atoms with Gasteiger partial charge in [-0.25, -0.2) is 8.42 Å². The van der Waals surface area contributed by atoms with Crippen LogP contribution in [-0.2, 0) is 19.4 Å². The summed E-state index contributed by atoms with van der Waals surface area (Å²) in [4.78, 5) is 36.5. The van der Waals surface area contributed by atoms with Crippen molar-refractivity contribution in [3.05, 3.63) is 41.6 Å². The Balaban J connectivity index is 1.65. The summed E-state index contributed by atoms with van der Waals surface area (Å²) in [5.74, 6) is -1.00. The van der Waals surface area contributed by atoms with Crippen molar-refractivity contribution in [3.63, 3.8) is 0 Å². The van der Waals surface area contributed by atoms with Gasteiger partial charge >= 0.3 is 0 Å². The van der Waals surface area contributed by atoms with E-state index >= 15 is 0 Å². The third-order valence-corrected chi connectivity index (χ3v) is 6.04. The Morgan fingerprint density at radius 2 is 2.04 bits per heavy atom. The van der Waals surface area contributed by atoms with E-state index in [2.05, 4.69) is 10.6 Å². The van der Waals surface area contributed by atoms with Crippen LogP contribution >= 0.6 is 0 Å². The summed E-state index contributed by atoms with van der Waals surface area (Å²) in [5.41, 5.74) is 1.54. The zero-order valence-electron chi connectivity index (χ0n) is 14.2. The second-order valence-corrected chi connectivity index (χ2v) is 8.62. The van der Waals surface area contributed by atoms with Gasteiger partial charge in [0.15, 0.2) is 9.84 Å². The predicted octanol–water partition coefficient (Wildman–Crippen LogP) is 0.288. The molecule has 0 bridgehead atoms. The van der Waals surface area contributed by atoms with Crippen molar-refractivity contribution in [2.45, 2.75) is 19.4 Å². The lowest BCUT2D eigenvalue weighted by atomic mass is 10.1. The smallest absolute Gasteiger partial charge is 0.255 e. The van der Waals surface area contributed by atoms with Gasteiger partial charge < -0.3 is 10.6 Å². The van der Waals surface area contributed by atoms with Crippen molar-refractivity contribution >= 4 is 33.2 Å². The summed E-state index contributed by atoms with van der Waals surface area (Å²) in [6.07, 6.45) is 1.76. The molecule has 1 saturated heterocycles. The topological polar surface area (TPSA) is 113 Å². The van der Waals surface area contributed by atoms with Crippen LogP contribution in [0.5, 0.6) is 0 Å². The predicted molar refractivity (Wildman–Crippen MR) is 95.1 cm³/mol. The van der Waals surface area contributed by atoms with E-state index in [1.54, 1.807) is 24.3 Å². The second-order valence-electron chi connectivity index (χ2n) is 6.39. The fourth-order valence-corrected chi connectivity index (χ4v) is 4.64. The molecule has 0 aliphatic carbocycles. The second kappa shape index (κ2) is 6.91. The number of amides is 3. The van der Waals surface area contributed by atoms with Crippen molar-refractivity contribution in [2.24, 2.45) is 0 Å². The van der Waals surface area contributed by atoms with Crippen LogP contribution in [0.1, 0.15) is 23.7 Å². The van der Waals surface area contributed by atoms with Crippen LogP contribution in [0.3, 0.4) is 0 Å². The quantitative estimate of drug-likeness (QED) is 0.780. The van der Waals surface area contributed by atoms with Crippen LogP contribution in [0.4, 0.5) is 5.69 Å². The van der Waals surface area contributed by atoms with E-state index in [9.17, 15) is 22.8 Å². The summed E-state index contributed by atoms with van der Waals surface area (Å²) in [6, 6.07) is 6.28. The molecule has 26 heavy (non-hydrogen) atoms. The van der Waals surface area contributed by atoms with E-state index in [-0.39, 0.29) is 41.8 Å². The van der Waals surface area contributed by atoms with Crippen LogP contribution in [0, 0.1) is 0 Å². The Bertz CT molecular complexity index is 907. The SMILES string of the molecule is CC(=O)N1CC(Nc2cccc(C(=O)NC3CCS(=O)(=O)C3)c2)=CC1=O. The highest BCUT2D eigenvalue weighted by molar-refractivity contribution is 7.91. The number of hydrogen-bond acceptors (Lipinski definition) is 6. The zero-order chi connectivity index (χ0) is 18.9. The Morgan fingerprint density at radius 1 is 1.27 bits per heavy atom. The van der Waals surface area contributed by atoms with E-state index in [1.807, 2.05) is 0 Å². The van der Waals surface area contributed by atoms with Crippen LogP contribution in [0.15, 0.2) is 36.0 Å². The number of hydrogen-bond donors (Lipinski definition) is 2.